The van der Waals surface area contributed by atoms with Crippen LogP contribution >= 0.6 is 11.3 Å². The second-order valence-corrected chi connectivity index (χ2v) is 5.77. The van der Waals surface area contributed by atoms with E-state index in [9.17, 15) is 4.79 Å². The van der Waals surface area contributed by atoms with Gasteiger partial charge < -0.3 is 10.6 Å². The van der Waals surface area contributed by atoms with Crippen molar-refractivity contribution in [2.24, 2.45) is 5.73 Å². The van der Waals surface area contributed by atoms with E-state index in [-0.39, 0.29) is 11.9 Å². The molecule has 1 fully saturated rings. The molecule has 19 heavy (non-hydrogen) atoms. The lowest BCUT2D eigenvalue weighted by molar-refractivity contribution is -0.123. The molecule has 1 saturated heterocycles. The number of aromatic nitrogens is 1. The zero-order chi connectivity index (χ0) is 13.7. The van der Waals surface area contributed by atoms with E-state index in [0.29, 0.717) is 0 Å². The molecule has 2 rings (SSSR count). The summed E-state index contributed by atoms with van der Waals surface area (Å²) < 4.78 is 0. The summed E-state index contributed by atoms with van der Waals surface area (Å²) in [6, 6.07) is -0.0987. The van der Waals surface area contributed by atoms with Gasteiger partial charge in [-0.2, -0.15) is 0 Å². The van der Waals surface area contributed by atoms with Crippen molar-refractivity contribution < 1.29 is 4.79 Å². The molecule has 0 radical (unpaired) electrons. The zero-order valence-electron chi connectivity index (χ0n) is 11.4. The van der Waals surface area contributed by atoms with Crippen molar-refractivity contribution in [2.75, 3.05) is 31.1 Å². The van der Waals surface area contributed by atoms with Crippen LogP contribution < -0.4 is 10.6 Å². The van der Waals surface area contributed by atoms with Crippen LogP contribution in [0.1, 0.15) is 26.2 Å². The standard InChI is InChI=1S/C13H22N4OS/c1-2-3-4-11(12(14)18)16-6-8-17(9-7-16)13-15-5-10-19-13/h5,10-11H,2-4,6-9H2,1H3,(H2,14,18)/t11-/m1/s1. The fraction of sp³-hybridized carbons (Fsp3) is 0.692. The molecule has 1 aromatic heterocycles. The van der Waals surface area contributed by atoms with Crippen LogP contribution in [0.2, 0.25) is 0 Å². The van der Waals surface area contributed by atoms with Crippen LogP contribution in [0.25, 0.3) is 0 Å². The molecular formula is C13H22N4OS. The number of unbranched alkanes of at least 4 members (excludes halogenated alkanes) is 1. The molecular weight excluding hydrogens is 260 g/mol. The average molecular weight is 282 g/mol. The highest BCUT2D eigenvalue weighted by Crippen LogP contribution is 2.20. The molecule has 0 aliphatic carbocycles. The number of nitrogens with zero attached hydrogens (tertiary/aromatic N) is 3. The fourth-order valence-corrected chi connectivity index (χ4v) is 3.20. The molecule has 1 aliphatic rings. The molecule has 0 spiro atoms. The van der Waals surface area contributed by atoms with Gasteiger partial charge in [0.05, 0.1) is 6.04 Å². The molecule has 1 aromatic rings. The monoisotopic (exact) mass is 282 g/mol. The summed E-state index contributed by atoms with van der Waals surface area (Å²) in [5.41, 5.74) is 5.53. The number of rotatable bonds is 6. The predicted octanol–water partition coefficient (Wildman–Crippen LogP) is 1.31. The van der Waals surface area contributed by atoms with E-state index >= 15 is 0 Å². The third-order valence-corrected chi connectivity index (χ3v) is 4.44. The lowest BCUT2D eigenvalue weighted by Gasteiger charge is -2.38. The Bertz CT molecular complexity index is 387. The molecule has 2 N–H and O–H groups in total. The molecule has 0 bridgehead atoms. The highest BCUT2D eigenvalue weighted by molar-refractivity contribution is 7.13. The Labute approximate surface area is 118 Å². The number of piperazine rings is 1. The molecule has 1 atom stereocenters. The lowest BCUT2D eigenvalue weighted by Crippen LogP contribution is -2.54. The Balaban J connectivity index is 1.88. The lowest BCUT2D eigenvalue weighted by atomic mass is 10.1. The van der Waals surface area contributed by atoms with E-state index in [1.54, 1.807) is 11.3 Å². The number of amides is 1. The molecule has 1 aliphatic heterocycles. The first kappa shape index (κ1) is 14.3. The van der Waals surface area contributed by atoms with Crippen molar-refractivity contribution in [1.82, 2.24) is 9.88 Å². The SMILES string of the molecule is CCCC[C@H](C(N)=O)N1CCN(c2nccs2)CC1. The molecule has 106 valence electrons. The number of thiazole rings is 1. The van der Waals surface area contributed by atoms with Gasteiger partial charge in [-0.15, -0.1) is 11.3 Å². The average Bonchev–Trinajstić information content (AvgIpc) is 2.93. The van der Waals surface area contributed by atoms with Gasteiger partial charge in [0.15, 0.2) is 5.13 Å². The highest BCUT2D eigenvalue weighted by Gasteiger charge is 2.27. The van der Waals surface area contributed by atoms with E-state index < -0.39 is 0 Å². The van der Waals surface area contributed by atoms with Crippen molar-refractivity contribution in [3.05, 3.63) is 11.6 Å². The minimum absolute atomic E-state index is 0.0987. The zero-order valence-corrected chi connectivity index (χ0v) is 12.2. The molecule has 2 heterocycles. The molecule has 0 saturated carbocycles. The quantitative estimate of drug-likeness (QED) is 0.854. The number of hydrogen-bond donors (Lipinski definition) is 1. The number of nitrogens with two attached hydrogens (primary N) is 1. The van der Waals surface area contributed by atoms with Gasteiger partial charge >= 0.3 is 0 Å². The largest absolute Gasteiger partial charge is 0.368 e. The Morgan fingerprint density at radius 3 is 2.74 bits per heavy atom. The number of hydrogen-bond acceptors (Lipinski definition) is 5. The topological polar surface area (TPSA) is 62.5 Å². The van der Waals surface area contributed by atoms with Crippen molar-refractivity contribution in [1.29, 1.82) is 0 Å². The first-order valence-corrected chi connectivity index (χ1v) is 7.78. The van der Waals surface area contributed by atoms with E-state index in [1.165, 1.54) is 0 Å². The second-order valence-electron chi connectivity index (χ2n) is 4.90. The van der Waals surface area contributed by atoms with Gasteiger partial charge in [-0.05, 0) is 6.42 Å². The van der Waals surface area contributed by atoms with Gasteiger partial charge in [0.25, 0.3) is 0 Å². The molecule has 0 unspecified atom stereocenters. The molecule has 0 aromatic carbocycles. The Morgan fingerprint density at radius 2 is 2.21 bits per heavy atom. The van der Waals surface area contributed by atoms with E-state index in [4.69, 9.17) is 5.73 Å². The minimum atomic E-state index is -0.184. The van der Waals surface area contributed by atoms with Crippen LogP contribution in [0.15, 0.2) is 11.6 Å². The molecule has 1 amide bonds. The maximum absolute atomic E-state index is 11.6. The summed E-state index contributed by atoms with van der Waals surface area (Å²) in [5.74, 6) is -0.184. The maximum atomic E-state index is 11.6. The third-order valence-electron chi connectivity index (χ3n) is 3.60. The van der Waals surface area contributed by atoms with E-state index in [1.807, 2.05) is 11.6 Å². The summed E-state index contributed by atoms with van der Waals surface area (Å²) in [6.45, 7) is 5.75. The smallest absolute Gasteiger partial charge is 0.234 e. The summed E-state index contributed by atoms with van der Waals surface area (Å²) in [4.78, 5) is 20.4. The Hall–Kier alpha value is -1.14. The maximum Gasteiger partial charge on any atom is 0.234 e. The first-order valence-electron chi connectivity index (χ1n) is 6.90. The predicted molar refractivity (Wildman–Crippen MR) is 78.4 cm³/mol. The number of anilines is 1. The van der Waals surface area contributed by atoms with Gasteiger partial charge in [-0.1, -0.05) is 19.8 Å². The van der Waals surface area contributed by atoms with Crippen LogP contribution in [0, 0.1) is 0 Å². The van der Waals surface area contributed by atoms with Crippen LogP contribution in [0.5, 0.6) is 0 Å². The van der Waals surface area contributed by atoms with Gasteiger partial charge in [-0.25, -0.2) is 4.98 Å². The Morgan fingerprint density at radius 1 is 1.47 bits per heavy atom. The highest BCUT2D eigenvalue weighted by atomic mass is 32.1. The Kier molecular flexibility index (Phi) is 5.15. The van der Waals surface area contributed by atoms with Crippen molar-refractivity contribution in [3.63, 3.8) is 0 Å². The fourth-order valence-electron chi connectivity index (χ4n) is 2.50. The summed E-state index contributed by atoms with van der Waals surface area (Å²) in [6.07, 6.45) is 4.87. The summed E-state index contributed by atoms with van der Waals surface area (Å²) >= 11 is 1.66. The first-order chi connectivity index (χ1) is 9.22. The van der Waals surface area contributed by atoms with Crippen molar-refractivity contribution >= 4 is 22.4 Å². The number of carbonyl (C=O) groups excluding carboxylic acids is 1. The van der Waals surface area contributed by atoms with Gasteiger partial charge in [0.2, 0.25) is 5.91 Å². The summed E-state index contributed by atoms with van der Waals surface area (Å²) in [5, 5.41) is 3.07. The van der Waals surface area contributed by atoms with Gasteiger partial charge in [0.1, 0.15) is 0 Å². The van der Waals surface area contributed by atoms with Crippen molar-refractivity contribution in [2.45, 2.75) is 32.2 Å². The molecule has 5 nitrogen and oxygen atoms in total. The third kappa shape index (κ3) is 3.67. The number of carbonyl (C=O) groups is 1. The van der Waals surface area contributed by atoms with Gasteiger partial charge in [0, 0.05) is 37.8 Å². The minimum Gasteiger partial charge on any atom is -0.368 e. The van der Waals surface area contributed by atoms with Crippen LogP contribution in [0.3, 0.4) is 0 Å². The van der Waals surface area contributed by atoms with Crippen LogP contribution in [-0.4, -0.2) is 48.0 Å². The van der Waals surface area contributed by atoms with E-state index in [2.05, 4.69) is 21.7 Å². The van der Waals surface area contributed by atoms with Crippen LogP contribution in [0.4, 0.5) is 5.13 Å². The number of primary amides is 1. The van der Waals surface area contributed by atoms with E-state index in [0.717, 1.165) is 50.6 Å². The molecule has 6 heteroatoms. The van der Waals surface area contributed by atoms with Gasteiger partial charge in [-0.3, -0.25) is 9.69 Å². The van der Waals surface area contributed by atoms with Crippen LogP contribution in [-0.2, 0) is 4.79 Å². The second kappa shape index (κ2) is 6.86. The summed E-state index contributed by atoms with van der Waals surface area (Å²) in [7, 11) is 0. The normalized spacial score (nSPS) is 18.5. The van der Waals surface area contributed by atoms with Crippen molar-refractivity contribution in [3.8, 4) is 0 Å².